The van der Waals surface area contributed by atoms with Crippen LogP contribution in [0.2, 0.25) is 0 Å². The van der Waals surface area contributed by atoms with Crippen LogP contribution in [-0.2, 0) is 16.0 Å². The monoisotopic (exact) mass is 351 g/mol. The van der Waals surface area contributed by atoms with Crippen molar-refractivity contribution in [1.29, 1.82) is 0 Å². The number of nitrogens with one attached hydrogen (secondary N) is 1. The summed E-state index contributed by atoms with van der Waals surface area (Å²) in [5.41, 5.74) is 0.961. The number of rotatable bonds is 4. The van der Waals surface area contributed by atoms with Gasteiger partial charge in [-0.3, -0.25) is 14.9 Å². The van der Waals surface area contributed by atoms with Gasteiger partial charge in [0.15, 0.2) is 0 Å². The number of halogens is 1. The molecule has 2 aliphatic heterocycles. The summed E-state index contributed by atoms with van der Waals surface area (Å²) in [5.74, 6) is 1.65. The molecule has 1 unspecified atom stereocenters. The van der Waals surface area contributed by atoms with E-state index in [9.17, 15) is 14.0 Å². The molecule has 7 heteroatoms. The number of piperazine rings is 1. The van der Waals surface area contributed by atoms with Gasteiger partial charge in [-0.25, -0.2) is 4.39 Å². The molecule has 0 aliphatic carbocycles. The SMILES string of the molecule is O=C(CCc1ccc(F)cc1)N1CCN(C(=O)C2CSCN2)CC1. The minimum atomic E-state index is -0.263. The van der Waals surface area contributed by atoms with Gasteiger partial charge in [-0.1, -0.05) is 12.1 Å². The van der Waals surface area contributed by atoms with Crippen LogP contribution in [0, 0.1) is 5.82 Å². The number of hydrogen-bond donors (Lipinski definition) is 1. The highest BCUT2D eigenvalue weighted by Gasteiger charge is 2.30. The fraction of sp³-hybridized carbons (Fsp3) is 0.529. The smallest absolute Gasteiger partial charge is 0.240 e. The van der Waals surface area contributed by atoms with Crippen LogP contribution in [0.1, 0.15) is 12.0 Å². The molecule has 2 amide bonds. The lowest BCUT2D eigenvalue weighted by atomic mass is 10.1. The second-order valence-electron chi connectivity index (χ2n) is 6.10. The third-order valence-electron chi connectivity index (χ3n) is 4.50. The molecule has 130 valence electrons. The minimum Gasteiger partial charge on any atom is -0.339 e. The normalized spacial score (nSPS) is 21.1. The summed E-state index contributed by atoms with van der Waals surface area (Å²) < 4.78 is 12.9. The van der Waals surface area contributed by atoms with Gasteiger partial charge in [0, 0.05) is 44.2 Å². The summed E-state index contributed by atoms with van der Waals surface area (Å²) >= 11 is 1.74. The van der Waals surface area contributed by atoms with Crippen LogP contribution >= 0.6 is 11.8 Å². The van der Waals surface area contributed by atoms with Crippen LogP contribution in [0.15, 0.2) is 24.3 Å². The van der Waals surface area contributed by atoms with E-state index in [0.29, 0.717) is 39.0 Å². The third kappa shape index (κ3) is 4.27. The number of amides is 2. The third-order valence-corrected chi connectivity index (χ3v) is 5.44. The van der Waals surface area contributed by atoms with E-state index in [0.717, 1.165) is 17.2 Å². The first-order valence-corrected chi connectivity index (χ1v) is 9.41. The minimum absolute atomic E-state index is 0.0734. The Labute approximate surface area is 145 Å². The molecule has 2 aliphatic rings. The van der Waals surface area contributed by atoms with E-state index in [4.69, 9.17) is 0 Å². The lowest BCUT2D eigenvalue weighted by Gasteiger charge is -2.36. The van der Waals surface area contributed by atoms with E-state index in [2.05, 4.69) is 5.32 Å². The van der Waals surface area contributed by atoms with Gasteiger partial charge in [0.1, 0.15) is 5.82 Å². The van der Waals surface area contributed by atoms with Gasteiger partial charge < -0.3 is 9.80 Å². The second-order valence-corrected chi connectivity index (χ2v) is 7.13. The molecular weight excluding hydrogens is 329 g/mol. The zero-order valence-electron chi connectivity index (χ0n) is 13.5. The van der Waals surface area contributed by atoms with E-state index in [-0.39, 0.29) is 23.7 Å². The van der Waals surface area contributed by atoms with E-state index in [1.807, 2.05) is 9.80 Å². The zero-order chi connectivity index (χ0) is 16.9. The lowest BCUT2D eigenvalue weighted by molar-refractivity contribution is -0.140. The number of aryl methyl sites for hydroxylation is 1. The first-order chi connectivity index (χ1) is 11.6. The quantitative estimate of drug-likeness (QED) is 0.882. The van der Waals surface area contributed by atoms with Gasteiger partial charge >= 0.3 is 0 Å². The highest BCUT2D eigenvalue weighted by Crippen LogP contribution is 2.14. The van der Waals surface area contributed by atoms with E-state index in [1.165, 1.54) is 12.1 Å². The van der Waals surface area contributed by atoms with Crippen LogP contribution in [-0.4, -0.2) is 65.5 Å². The maximum absolute atomic E-state index is 12.9. The Hall–Kier alpha value is -1.60. The van der Waals surface area contributed by atoms with Crippen molar-refractivity contribution in [2.45, 2.75) is 18.9 Å². The van der Waals surface area contributed by atoms with Gasteiger partial charge in [-0.05, 0) is 24.1 Å². The molecule has 1 N–H and O–H groups in total. The summed E-state index contributed by atoms with van der Waals surface area (Å²) in [6.45, 7) is 2.38. The molecule has 0 aromatic heterocycles. The molecular formula is C17H22FN3O2S. The predicted molar refractivity (Wildman–Crippen MR) is 92.1 cm³/mol. The van der Waals surface area contributed by atoms with Crippen LogP contribution in [0.5, 0.6) is 0 Å². The Morgan fingerprint density at radius 2 is 1.79 bits per heavy atom. The first kappa shape index (κ1) is 17.2. The Morgan fingerprint density at radius 3 is 2.42 bits per heavy atom. The highest BCUT2D eigenvalue weighted by molar-refractivity contribution is 7.99. The molecule has 24 heavy (non-hydrogen) atoms. The molecule has 2 heterocycles. The van der Waals surface area contributed by atoms with E-state index < -0.39 is 0 Å². The molecule has 1 aromatic carbocycles. The number of carbonyl (C=O) groups is 2. The highest BCUT2D eigenvalue weighted by atomic mass is 32.2. The van der Waals surface area contributed by atoms with Crippen molar-refractivity contribution in [3.8, 4) is 0 Å². The topological polar surface area (TPSA) is 52.7 Å². The standard InChI is InChI=1S/C17H22FN3O2S/c18-14-4-1-13(2-5-14)3-6-16(22)20-7-9-21(10-8-20)17(23)15-11-24-12-19-15/h1-2,4-5,15,19H,3,6-12H2. The molecule has 3 rings (SSSR count). The largest absolute Gasteiger partial charge is 0.339 e. The van der Waals surface area contributed by atoms with Crippen molar-refractivity contribution < 1.29 is 14.0 Å². The summed E-state index contributed by atoms with van der Waals surface area (Å²) in [6.07, 6.45) is 1.03. The summed E-state index contributed by atoms with van der Waals surface area (Å²) in [5, 5.41) is 3.19. The Bertz CT molecular complexity index is 582. The van der Waals surface area contributed by atoms with Crippen LogP contribution < -0.4 is 5.32 Å². The van der Waals surface area contributed by atoms with Crippen LogP contribution in [0.4, 0.5) is 4.39 Å². The molecule has 0 bridgehead atoms. The average molecular weight is 351 g/mol. The number of carbonyl (C=O) groups excluding carboxylic acids is 2. The van der Waals surface area contributed by atoms with Gasteiger partial charge in [0.25, 0.3) is 0 Å². The van der Waals surface area contributed by atoms with E-state index in [1.54, 1.807) is 23.9 Å². The van der Waals surface area contributed by atoms with Crippen molar-refractivity contribution in [2.24, 2.45) is 0 Å². The zero-order valence-corrected chi connectivity index (χ0v) is 14.4. The molecule has 2 saturated heterocycles. The molecule has 0 spiro atoms. The molecule has 1 atom stereocenters. The second kappa shape index (κ2) is 7.98. The summed E-state index contributed by atoms with van der Waals surface area (Å²) in [4.78, 5) is 28.3. The van der Waals surface area contributed by atoms with Crippen molar-refractivity contribution >= 4 is 23.6 Å². The molecule has 0 radical (unpaired) electrons. The fourth-order valence-electron chi connectivity index (χ4n) is 3.01. The van der Waals surface area contributed by atoms with E-state index >= 15 is 0 Å². The Balaban J connectivity index is 1.43. The molecule has 5 nitrogen and oxygen atoms in total. The molecule has 0 saturated carbocycles. The van der Waals surface area contributed by atoms with Crippen LogP contribution in [0.3, 0.4) is 0 Å². The maximum Gasteiger partial charge on any atom is 0.240 e. The maximum atomic E-state index is 12.9. The van der Waals surface area contributed by atoms with Gasteiger partial charge in [0.2, 0.25) is 11.8 Å². The first-order valence-electron chi connectivity index (χ1n) is 8.25. The van der Waals surface area contributed by atoms with Crippen molar-refractivity contribution in [3.63, 3.8) is 0 Å². The van der Waals surface area contributed by atoms with Crippen molar-refractivity contribution in [2.75, 3.05) is 37.8 Å². The average Bonchev–Trinajstić information content (AvgIpc) is 3.15. The van der Waals surface area contributed by atoms with Gasteiger partial charge in [0.05, 0.1) is 6.04 Å². The van der Waals surface area contributed by atoms with Crippen molar-refractivity contribution in [3.05, 3.63) is 35.6 Å². The van der Waals surface area contributed by atoms with Crippen molar-refractivity contribution in [1.82, 2.24) is 15.1 Å². The lowest BCUT2D eigenvalue weighted by Crippen LogP contribution is -2.54. The van der Waals surface area contributed by atoms with Gasteiger partial charge in [-0.2, -0.15) is 0 Å². The molecule has 2 fully saturated rings. The Kier molecular flexibility index (Phi) is 5.73. The predicted octanol–water partition coefficient (Wildman–Crippen LogP) is 1.09. The number of hydrogen-bond acceptors (Lipinski definition) is 4. The number of nitrogens with zero attached hydrogens (tertiary/aromatic N) is 2. The number of benzene rings is 1. The number of thioether (sulfide) groups is 1. The summed E-state index contributed by atoms with van der Waals surface area (Å²) in [7, 11) is 0. The van der Waals surface area contributed by atoms with Crippen LogP contribution in [0.25, 0.3) is 0 Å². The van der Waals surface area contributed by atoms with Gasteiger partial charge in [-0.15, -0.1) is 11.8 Å². The fourth-order valence-corrected chi connectivity index (χ4v) is 3.94. The molecule has 1 aromatic rings. The Morgan fingerprint density at radius 1 is 1.12 bits per heavy atom. The summed E-state index contributed by atoms with van der Waals surface area (Å²) in [6, 6.07) is 6.19.